The third kappa shape index (κ3) is 3.36. The molecule has 0 atom stereocenters. The average Bonchev–Trinajstić information content (AvgIpc) is 2.95. The first-order chi connectivity index (χ1) is 9.65. The molecule has 1 amide bonds. The maximum absolute atomic E-state index is 12.4. The van der Waals surface area contributed by atoms with Gasteiger partial charge >= 0.3 is 0 Å². The lowest BCUT2D eigenvalue weighted by Gasteiger charge is -2.34. The van der Waals surface area contributed by atoms with Crippen LogP contribution in [0.1, 0.15) is 49.5 Å². The van der Waals surface area contributed by atoms with E-state index in [4.69, 9.17) is 5.73 Å². The van der Waals surface area contributed by atoms with Crippen LogP contribution in [0.25, 0.3) is 0 Å². The lowest BCUT2D eigenvalue weighted by atomic mass is 9.84. The average molecular weight is 279 g/mol. The van der Waals surface area contributed by atoms with Gasteiger partial charge in [-0.25, -0.2) is 0 Å². The first kappa shape index (κ1) is 15.0. The van der Waals surface area contributed by atoms with E-state index in [2.05, 4.69) is 17.2 Å². The smallest absolute Gasteiger partial charge is 0.276 e. The molecular weight excluding hydrogens is 254 g/mol. The monoisotopic (exact) mass is 279 g/mol. The van der Waals surface area contributed by atoms with E-state index in [9.17, 15) is 4.79 Å². The lowest BCUT2D eigenvalue weighted by molar-refractivity contribution is 0.0668. The van der Waals surface area contributed by atoms with Crippen molar-refractivity contribution in [2.75, 3.05) is 13.6 Å². The summed E-state index contributed by atoms with van der Waals surface area (Å²) in [6.07, 6.45) is 7.56. The molecule has 0 spiro atoms. The molecule has 6 heteroatoms. The van der Waals surface area contributed by atoms with Crippen LogP contribution in [0.4, 0.5) is 0 Å². The van der Waals surface area contributed by atoms with Gasteiger partial charge in [0.1, 0.15) is 0 Å². The van der Waals surface area contributed by atoms with Gasteiger partial charge in [0.15, 0.2) is 5.69 Å². The number of nitrogens with two attached hydrogens (primary N) is 1. The highest BCUT2D eigenvalue weighted by atomic mass is 16.2. The summed E-state index contributed by atoms with van der Waals surface area (Å²) >= 11 is 0. The van der Waals surface area contributed by atoms with Crippen molar-refractivity contribution in [2.45, 2.75) is 51.6 Å². The number of carbonyl (C=O) groups excluding carboxylic acids is 1. The Hall–Kier alpha value is -1.43. The zero-order valence-corrected chi connectivity index (χ0v) is 12.5. The van der Waals surface area contributed by atoms with Crippen LogP contribution in [0.3, 0.4) is 0 Å². The van der Waals surface area contributed by atoms with Gasteiger partial charge in [-0.1, -0.05) is 18.6 Å². The van der Waals surface area contributed by atoms with Gasteiger partial charge in [0.2, 0.25) is 0 Å². The molecule has 0 unspecified atom stereocenters. The van der Waals surface area contributed by atoms with Gasteiger partial charge < -0.3 is 10.6 Å². The van der Waals surface area contributed by atoms with E-state index in [1.807, 2.05) is 11.9 Å². The minimum absolute atomic E-state index is 0.0341. The Kier molecular flexibility index (Phi) is 5.11. The third-order valence-corrected chi connectivity index (χ3v) is 4.38. The topological polar surface area (TPSA) is 77.0 Å². The molecule has 1 fully saturated rings. The summed E-state index contributed by atoms with van der Waals surface area (Å²) in [4.78, 5) is 14.2. The van der Waals surface area contributed by atoms with Crippen LogP contribution < -0.4 is 5.73 Å². The largest absolute Gasteiger partial charge is 0.337 e. The van der Waals surface area contributed by atoms with Crippen molar-refractivity contribution in [3.05, 3.63) is 11.9 Å². The second kappa shape index (κ2) is 6.83. The second-order valence-electron chi connectivity index (χ2n) is 5.65. The van der Waals surface area contributed by atoms with Crippen LogP contribution in [-0.2, 0) is 6.54 Å². The normalized spacial score (nSPS) is 22.8. The number of amides is 1. The van der Waals surface area contributed by atoms with Crippen LogP contribution >= 0.6 is 0 Å². The standard InChI is InChI=1S/C14H25N5O/c1-3-11-4-6-12(7-5-11)18(2)14(20)13-10-19(9-8-15)17-16-13/h10-12H,3-9,15H2,1-2H3. The fourth-order valence-electron chi connectivity index (χ4n) is 2.92. The summed E-state index contributed by atoms with van der Waals surface area (Å²) in [6.45, 7) is 3.33. The van der Waals surface area contributed by atoms with Gasteiger partial charge in [-0.15, -0.1) is 5.10 Å². The fourth-order valence-corrected chi connectivity index (χ4v) is 2.92. The van der Waals surface area contributed by atoms with Gasteiger partial charge in [-0.05, 0) is 31.6 Å². The zero-order valence-electron chi connectivity index (χ0n) is 12.5. The molecule has 1 heterocycles. The van der Waals surface area contributed by atoms with E-state index in [0.717, 1.165) is 18.8 Å². The maximum Gasteiger partial charge on any atom is 0.276 e. The summed E-state index contributed by atoms with van der Waals surface area (Å²) in [5.41, 5.74) is 5.88. The number of aromatic nitrogens is 3. The minimum atomic E-state index is -0.0341. The Bertz CT molecular complexity index is 437. The van der Waals surface area contributed by atoms with Crippen molar-refractivity contribution in [2.24, 2.45) is 11.7 Å². The van der Waals surface area contributed by atoms with E-state index in [0.29, 0.717) is 24.8 Å². The van der Waals surface area contributed by atoms with Crippen LogP contribution in [0.5, 0.6) is 0 Å². The Morgan fingerprint density at radius 1 is 1.45 bits per heavy atom. The van der Waals surface area contributed by atoms with Gasteiger partial charge in [0.05, 0.1) is 12.7 Å². The van der Waals surface area contributed by atoms with Crippen LogP contribution in [0, 0.1) is 5.92 Å². The molecule has 1 aliphatic carbocycles. The Labute approximate surface area is 120 Å². The van der Waals surface area contributed by atoms with E-state index in [-0.39, 0.29) is 5.91 Å². The Morgan fingerprint density at radius 3 is 2.75 bits per heavy atom. The van der Waals surface area contributed by atoms with Gasteiger partial charge in [0, 0.05) is 19.6 Å². The molecule has 0 aliphatic heterocycles. The molecule has 1 saturated carbocycles. The van der Waals surface area contributed by atoms with E-state index >= 15 is 0 Å². The molecule has 2 N–H and O–H groups in total. The summed E-state index contributed by atoms with van der Waals surface area (Å²) in [5.74, 6) is 0.799. The number of hydrogen-bond donors (Lipinski definition) is 1. The molecule has 0 bridgehead atoms. The molecule has 0 radical (unpaired) electrons. The van der Waals surface area contributed by atoms with E-state index in [1.54, 1.807) is 10.9 Å². The maximum atomic E-state index is 12.4. The van der Waals surface area contributed by atoms with Gasteiger partial charge in [-0.3, -0.25) is 9.48 Å². The third-order valence-electron chi connectivity index (χ3n) is 4.38. The Morgan fingerprint density at radius 2 is 2.15 bits per heavy atom. The summed E-state index contributed by atoms with van der Waals surface area (Å²) in [5, 5.41) is 7.87. The minimum Gasteiger partial charge on any atom is -0.337 e. The molecule has 0 aromatic carbocycles. The van der Waals surface area contributed by atoms with Crippen molar-refractivity contribution in [3.63, 3.8) is 0 Å². The van der Waals surface area contributed by atoms with E-state index < -0.39 is 0 Å². The quantitative estimate of drug-likeness (QED) is 0.880. The van der Waals surface area contributed by atoms with E-state index in [1.165, 1.54) is 19.3 Å². The first-order valence-corrected chi connectivity index (χ1v) is 7.53. The number of rotatable bonds is 5. The summed E-state index contributed by atoms with van der Waals surface area (Å²) in [7, 11) is 1.88. The molecule has 1 aromatic rings. The van der Waals surface area contributed by atoms with Crippen LogP contribution in [0.2, 0.25) is 0 Å². The second-order valence-corrected chi connectivity index (χ2v) is 5.65. The summed E-state index contributed by atoms with van der Waals surface area (Å²) < 4.78 is 1.62. The molecule has 1 aromatic heterocycles. The Balaban J connectivity index is 1.94. The van der Waals surface area contributed by atoms with Crippen molar-refractivity contribution in [1.82, 2.24) is 19.9 Å². The first-order valence-electron chi connectivity index (χ1n) is 7.53. The molecule has 1 aliphatic rings. The van der Waals surface area contributed by atoms with Crippen LogP contribution in [0.15, 0.2) is 6.20 Å². The number of carbonyl (C=O) groups is 1. The molecule has 6 nitrogen and oxygen atoms in total. The molecule has 2 rings (SSSR count). The predicted octanol–water partition coefficient (Wildman–Crippen LogP) is 1.28. The fraction of sp³-hybridized carbons (Fsp3) is 0.786. The predicted molar refractivity (Wildman–Crippen MR) is 77.2 cm³/mol. The summed E-state index contributed by atoms with van der Waals surface area (Å²) in [6, 6.07) is 0.338. The van der Waals surface area contributed by atoms with Crippen LogP contribution in [-0.4, -0.2) is 45.4 Å². The number of hydrogen-bond acceptors (Lipinski definition) is 4. The highest BCUT2D eigenvalue weighted by Gasteiger charge is 2.27. The molecule has 0 saturated heterocycles. The zero-order chi connectivity index (χ0) is 14.5. The molecule has 112 valence electrons. The van der Waals surface area contributed by atoms with Crippen molar-refractivity contribution >= 4 is 5.91 Å². The highest BCUT2D eigenvalue weighted by Crippen LogP contribution is 2.29. The number of nitrogens with zero attached hydrogens (tertiary/aromatic N) is 4. The molecule has 20 heavy (non-hydrogen) atoms. The van der Waals surface area contributed by atoms with Crippen molar-refractivity contribution in [1.29, 1.82) is 0 Å². The molecular formula is C14H25N5O. The highest BCUT2D eigenvalue weighted by molar-refractivity contribution is 5.91. The van der Waals surface area contributed by atoms with Crippen molar-refractivity contribution in [3.8, 4) is 0 Å². The van der Waals surface area contributed by atoms with Gasteiger partial charge in [0.25, 0.3) is 5.91 Å². The van der Waals surface area contributed by atoms with Crippen molar-refractivity contribution < 1.29 is 4.79 Å². The SMILES string of the molecule is CCC1CCC(N(C)C(=O)c2cn(CCN)nn2)CC1. The lowest BCUT2D eigenvalue weighted by Crippen LogP contribution is -2.39. The van der Waals surface area contributed by atoms with Gasteiger partial charge in [-0.2, -0.15) is 0 Å².